The average Bonchev–Trinajstić information content (AvgIpc) is 2.69. The van der Waals surface area contributed by atoms with Crippen molar-refractivity contribution in [2.24, 2.45) is 0 Å². The van der Waals surface area contributed by atoms with Gasteiger partial charge in [-0.25, -0.2) is 0 Å². The van der Waals surface area contributed by atoms with Crippen LogP contribution in [0.15, 0.2) is 84.9 Å². The van der Waals surface area contributed by atoms with Gasteiger partial charge in [-0.2, -0.15) is 0 Å². The summed E-state index contributed by atoms with van der Waals surface area (Å²) in [6, 6.07) is 29.7. The summed E-state index contributed by atoms with van der Waals surface area (Å²) in [5.74, 6) is 0.936. The van der Waals surface area contributed by atoms with Gasteiger partial charge in [-0.1, -0.05) is 86.6 Å². The van der Waals surface area contributed by atoms with E-state index in [1.807, 2.05) is 0 Å². The predicted molar refractivity (Wildman–Crippen MR) is 107 cm³/mol. The number of benzene rings is 3. The molecule has 0 amide bonds. The molecule has 0 bridgehead atoms. The Morgan fingerprint density at radius 2 is 1.31 bits per heavy atom. The Morgan fingerprint density at radius 3 is 1.96 bits per heavy atom. The Morgan fingerprint density at radius 1 is 0.731 bits per heavy atom. The van der Waals surface area contributed by atoms with E-state index in [-0.39, 0.29) is 5.41 Å². The molecule has 0 aliphatic carbocycles. The van der Waals surface area contributed by atoms with E-state index in [9.17, 15) is 0 Å². The highest BCUT2D eigenvalue weighted by atomic mass is 16.5. The molecule has 0 saturated carbocycles. The fourth-order valence-electron chi connectivity index (χ4n) is 3.13. The minimum Gasteiger partial charge on any atom is -0.488 e. The van der Waals surface area contributed by atoms with Crippen LogP contribution < -0.4 is 10.1 Å². The molecule has 0 aliphatic rings. The molecule has 3 rings (SSSR count). The maximum atomic E-state index is 5.89. The minimum absolute atomic E-state index is 0.0107. The lowest BCUT2D eigenvalue weighted by molar-refractivity contribution is -0.671. The van der Waals surface area contributed by atoms with E-state index < -0.39 is 0 Å². The summed E-state index contributed by atoms with van der Waals surface area (Å²) >= 11 is 0. The van der Waals surface area contributed by atoms with Gasteiger partial charge in [0, 0.05) is 11.0 Å². The second-order valence-corrected chi connectivity index (χ2v) is 7.13. The lowest BCUT2D eigenvalue weighted by Gasteiger charge is -2.26. The van der Waals surface area contributed by atoms with Crippen molar-refractivity contribution < 1.29 is 10.1 Å². The van der Waals surface area contributed by atoms with Crippen LogP contribution >= 0.6 is 0 Å². The summed E-state index contributed by atoms with van der Waals surface area (Å²) in [7, 11) is 0. The molecule has 2 nitrogen and oxygen atoms in total. The van der Waals surface area contributed by atoms with Crippen molar-refractivity contribution in [1.29, 1.82) is 0 Å². The van der Waals surface area contributed by atoms with Crippen LogP contribution in [-0.2, 0) is 12.0 Å². The molecule has 0 atom stereocenters. The van der Waals surface area contributed by atoms with Gasteiger partial charge in [-0.05, 0) is 23.3 Å². The standard InChI is InChI=1S/C24H27NO/c1-24(2,21-11-7-4-8-12-21)22-13-15-23(16-14-22)26-18-17-25-19-20-9-5-3-6-10-20/h3-16,25H,17-19H2,1-2H3/p+1. The zero-order valence-corrected chi connectivity index (χ0v) is 15.7. The molecular weight excluding hydrogens is 318 g/mol. The van der Waals surface area contributed by atoms with E-state index >= 15 is 0 Å². The van der Waals surface area contributed by atoms with Crippen LogP contribution in [0.4, 0.5) is 0 Å². The van der Waals surface area contributed by atoms with Crippen molar-refractivity contribution in [2.45, 2.75) is 25.8 Å². The molecule has 0 radical (unpaired) electrons. The van der Waals surface area contributed by atoms with Crippen LogP contribution in [0.1, 0.15) is 30.5 Å². The average molecular weight is 346 g/mol. The van der Waals surface area contributed by atoms with Crippen LogP contribution in [0, 0.1) is 0 Å². The van der Waals surface area contributed by atoms with Crippen molar-refractivity contribution in [1.82, 2.24) is 0 Å². The SMILES string of the molecule is CC(C)(c1ccccc1)c1ccc(OCC[NH2+]Cc2ccccc2)cc1. The third-order valence-corrected chi connectivity index (χ3v) is 4.89. The van der Waals surface area contributed by atoms with E-state index in [0.717, 1.165) is 18.8 Å². The third-order valence-electron chi connectivity index (χ3n) is 4.89. The first-order chi connectivity index (χ1) is 12.7. The molecular formula is C24H28NO+. The molecule has 2 N–H and O–H groups in total. The van der Waals surface area contributed by atoms with E-state index in [1.54, 1.807) is 0 Å². The number of nitrogens with two attached hydrogens (primary N) is 1. The van der Waals surface area contributed by atoms with Crippen molar-refractivity contribution >= 4 is 0 Å². The van der Waals surface area contributed by atoms with Crippen molar-refractivity contribution in [2.75, 3.05) is 13.2 Å². The van der Waals surface area contributed by atoms with Gasteiger partial charge >= 0.3 is 0 Å². The predicted octanol–water partition coefficient (Wildman–Crippen LogP) is 4.15. The zero-order valence-electron chi connectivity index (χ0n) is 15.7. The van der Waals surface area contributed by atoms with Gasteiger partial charge in [0.15, 0.2) is 0 Å². The van der Waals surface area contributed by atoms with Crippen molar-refractivity contribution in [3.8, 4) is 5.75 Å². The van der Waals surface area contributed by atoms with Crippen LogP contribution in [0.25, 0.3) is 0 Å². The van der Waals surface area contributed by atoms with Gasteiger partial charge in [0.05, 0.1) is 0 Å². The van der Waals surface area contributed by atoms with E-state index in [0.29, 0.717) is 6.61 Å². The number of hydrogen-bond acceptors (Lipinski definition) is 1. The molecule has 3 aromatic carbocycles. The quantitative estimate of drug-likeness (QED) is 0.609. The normalized spacial score (nSPS) is 11.3. The molecule has 0 aliphatic heterocycles. The maximum Gasteiger partial charge on any atom is 0.137 e. The Bertz CT molecular complexity index is 779. The van der Waals surface area contributed by atoms with Crippen LogP contribution in [-0.4, -0.2) is 13.2 Å². The first-order valence-corrected chi connectivity index (χ1v) is 9.31. The molecule has 0 unspecified atom stereocenters. The smallest absolute Gasteiger partial charge is 0.137 e. The number of quaternary nitrogens is 1. The monoisotopic (exact) mass is 346 g/mol. The largest absolute Gasteiger partial charge is 0.488 e. The highest BCUT2D eigenvalue weighted by molar-refractivity contribution is 5.39. The number of ether oxygens (including phenoxy) is 1. The summed E-state index contributed by atoms with van der Waals surface area (Å²) in [6.07, 6.45) is 0. The molecule has 3 aromatic rings. The van der Waals surface area contributed by atoms with E-state index in [1.165, 1.54) is 16.7 Å². The first kappa shape index (κ1) is 18.2. The minimum atomic E-state index is -0.0107. The number of rotatable bonds is 8. The molecule has 0 aromatic heterocycles. The second kappa shape index (κ2) is 8.68. The molecule has 0 heterocycles. The topological polar surface area (TPSA) is 25.8 Å². The first-order valence-electron chi connectivity index (χ1n) is 9.31. The van der Waals surface area contributed by atoms with Gasteiger partial charge in [0.25, 0.3) is 0 Å². The van der Waals surface area contributed by atoms with Crippen molar-refractivity contribution in [3.63, 3.8) is 0 Å². The lowest BCUT2D eigenvalue weighted by Crippen LogP contribution is -2.83. The molecule has 0 fully saturated rings. The maximum absolute atomic E-state index is 5.89. The Hall–Kier alpha value is -2.58. The Kier molecular flexibility index (Phi) is 6.08. The van der Waals surface area contributed by atoms with Crippen LogP contribution in [0.3, 0.4) is 0 Å². The van der Waals surface area contributed by atoms with Gasteiger partial charge < -0.3 is 10.1 Å². The van der Waals surface area contributed by atoms with E-state index in [2.05, 4.69) is 104 Å². The fourth-order valence-corrected chi connectivity index (χ4v) is 3.13. The van der Waals surface area contributed by atoms with E-state index in [4.69, 9.17) is 4.74 Å². The molecule has 0 spiro atoms. The van der Waals surface area contributed by atoms with Gasteiger partial charge in [-0.15, -0.1) is 0 Å². The molecule has 2 heteroatoms. The Balaban J connectivity index is 1.49. The second-order valence-electron chi connectivity index (χ2n) is 7.13. The highest BCUT2D eigenvalue weighted by Gasteiger charge is 2.22. The molecule has 134 valence electrons. The summed E-state index contributed by atoms with van der Waals surface area (Å²) in [5, 5.41) is 2.28. The summed E-state index contributed by atoms with van der Waals surface area (Å²) in [6.45, 7) is 7.18. The lowest BCUT2D eigenvalue weighted by atomic mass is 9.78. The highest BCUT2D eigenvalue weighted by Crippen LogP contribution is 2.32. The summed E-state index contributed by atoms with van der Waals surface area (Å²) in [5.41, 5.74) is 3.96. The zero-order chi connectivity index (χ0) is 18.2. The number of hydrogen-bond donors (Lipinski definition) is 1. The molecule has 0 saturated heterocycles. The van der Waals surface area contributed by atoms with Crippen LogP contribution in [0.2, 0.25) is 0 Å². The molecule has 26 heavy (non-hydrogen) atoms. The summed E-state index contributed by atoms with van der Waals surface area (Å²) < 4.78 is 5.89. The fraction of sp³-hybridized carbons (Fsp3) is 0.250. The van der Waals surface area contributed by atoms with Gasteiger partial charge in [0.2, 0.25) is 0 Å². The van der Waals surface area contributed by atoms with Crippen molar-refractivity contribution in [3.05, 3.63) is 102 Å². The van der Waals surface area contributed by atoms with Crippen LogP contribution in [0.5, 0.6) is 5.75 Å². The van der Waals surface area contributed by atoms with Gasteiger partial charge in [-0.3, -0.25) is 0 Å². The summed E-state index contributed by atoms with van der Waals surface area (Å²) in [4.78, 5) is 0. The Labute approximate surface area is 156 Å². The third kappa shape index (κ3) is 4.74. The van der Waals surface area contributed by atoms with Gasteiger partial charge in [0.1, 0.15) is 25.4 Å².